The topological polar surface area (TPSA) is 41.8 Å². The van der Waals surface area contributed by atoms with Gasteiger partial charge in [-0.2, -0.15) is 0 Å². The van der Waals surface area contributed by atoms with E-state index in [1.54, 1.807) is 7.11 Å². The summed E-state index contributed by atoms with van der Waals surface area (Å²) in [5.74, 6) is 1.10. The fraction of sp³-hybridized carbons (Fsp3) is 0.364. The molecule has 1 aliphatic rings. The number of oxime groups is 1. The fourth-order valence-electron chi connectivity index (χ4n) is 1.94. The third-order valence-corrected chi connectivity index (χ3v) is 2.69. The summed E-state index contributed by atoms with van der Waals surface area (Å²) in [5, 5.41) is 12.2. The molecule has 1 aromatic carbocycles. The molecule has 0 saturated carbocycles. The molecule has 0 heterocycles. The monoisotopic (exact) mass is 191 g/mol. The first-order valence-electron chi connectivity index (χ1n) is 4.65. The fourth-order valence-corrected chi connectivity index (χ4v) is 1.94. The lowest BCUT2D eigenvalue weighted by Gasteiger charge is -2.03. The molecule has 1 aromatic rings. The van der Waals surface area contributed by atoms with Gasteiger partial charge in [0.1, 0.15) is 5.75 Å². The summed E-state index contributed by atoms with van der Waals surface area (Å²) in [5.41, 5.74) is 3.00. The van der Waals surface area contributed by atoms with Crippen LogP contribution in [-0.4, -0.2) is 18.0 Å². The van der Waals surface area contributed by atoms with Gasteiger partial charge in [-0.25, -0.2) is 0 Å². The van der Waals surface area contributed by atoms with Gasteiger partial charge in [-0.05, 0) is 24.1 Å². The van der Waals surface area contributed by atoms with Crippen LogP contribution in [0.15, 0.2) is 23.4 Å². The van der Waals surface area contributed by atoms with Crippen molar-refractivity contribution in [3.8, 4) is 5.75 Å². The number of methoxy groups -OCH3 is 1. The Morgan fingerprint density at radius 2 is 2.29 bits per heavy atom. The van der Waals surface area contributed by atoms with Crippen LogP contribution in [0.25, 0.3) is 0 Å². The summed E-state index contributed by atoms with van der Waals surface area (Å²) < 4.78 is 5.13. The Bertz CT molecular complexity index is 385. The molecule has 2 rings (SSSR count). The van der Waals surface area contributed by atoms with Gasteiger partial charge in [-0.3, -0.25) is 0 Å². The van der Waals surface area contributed by atoms with Crippen molar-refractivity contribution in [3.63, 3.8) is 0 Å². The smallest absolute Gasteiger partial charge is 0.119 e. The first kappa shape index (κ1) is 9.06. The molecule has 3 heteroatoms. The molecular weight excluding hydrogens is 178 g/mol. The van der Waals surface area contributed by atoms with E-state index in [0.29, 0.717) is 5.92 Å². The molecule has 0 aromatic heterocycles. The van der Waals surface area contributed by atoms with Gasteiger partial charge in [0.15, 0.2) is 0 Å². The van der Waals surface area contributed by atoms with Crippen molar-refractivity contribution in [2.75, 3.05) is 7.11 Å². The van der Waals surface area contributed by atoms with Crippen molar-refractivity contribution in [3.05, 3.63) is 29.3 Å². The minimum atomic E-state index is 0.294. The Balaban J connectivity index is 2.50. The van der Waals surface area contributed by atoms with Gasteiger partial charge in [0, 0.05) is 11.5 Å². The van der Waals surface area contributed by atoms with Crippen LogP contribution in [0.4, 0.5) is 0 Å². The van der Waals surface area contributed by atoms with Crippen LogP contribution in [0.1, 0.15) is 18.1 Å². The number of nitrogens with zero attached hydrogens (tertiary/aromatic N) is 1. The van der Waals surface area contributed by atoms with Crippen LogP contribution >= 0.6 is 0 Å². The van der Waals surface area contributed by atoms with Gasteiger partial charge in [-0.15, -0.1) is 0 Å². The normalized spacial score (nSPS) is 22.4. The number of fused-ring (bicyclic) bond motifs is 1. The molecule has 0 radical (unpaired) electrons. The van der Waals surface area contributed by atoms with E-state index in [-0.39, 0.29) is 0 Å². The molecule has 1 atom stereocenters. The second-order valence-corrected chi connectivity index (χ2v) is 3.61. The zero-order chi connectivity index (χ0) is 10.1. The Kier molecular flexibility index (Phi) is 2.15. The molecule has 74 valence electrons. The Morgan fingerprint density at radius 1 is 1.50 bits per heavy atom. The maximum atomic E-state index is 8.89. The average molecular weight is 191 g/mol. The number of ether oxygens (including phenoxy) is 1. The summed E-state index contributed by atoms with van der Waals surface area (Å²) in [6.07, 6.45) is 0.943. The quantitative estimate of drug-likeness (QED) is 0.545. The van der Waals surface area contributed by atoms with E-state index in [1.807, 2.05) is 18.2 Å². The Labute approximate surface area is 83.0 Å². The molecule has 0 fully saturated rings. The number of hydrogen-bond acceptors (Lipinski definition) is 3. The van der Waals surface area contributed by atoms with Crippen molar-refractivity contribution in [2.24, 2.45) is 11.1 Å². The molecule has 0 aliphatic heterocycles. The zero-order valence-corrected chi connectivity index (χ0v) is 8.32. The molecule has 0 amide bonds. The highest BCUT2D eigenvalue weighted by atomic mass is 16.5. The Morgan fingerprint density at radius 3 is 2.93 bits per heavy atom. The Hall–Kier alpha value is -1.51. The van der Waals surface area contributed by atoms with Gasteiger partial charge in [0.2, 0.25) is 0 Å². The van der Waals surface area contributed by atoms with Crippen molar-refractivity contribution in [1.29, 1.82) is 0 Å². The summed E-state index contributed by atoms with van der Waals surface area (Å²) in [6, 6.07) is 5.89. The van der Waals surface area contributed by atoms with Gasteiger partial charge >= 0.3 is 0 Å². The van der Waals surface area contributed by atoms with E-state index in [1.165, 1.54) is 5.56 Å². The summed E-state index contributed by atoms with van der Waals surface area (Å²) in [7, 11) is 1.63. The minimum absolute atomic E-state index is 0.294. The van der Waals surface area contributed by atoms with E-state index in [4.69, 9.17) is 9.94 Å². The van der Waals surface area contributed by atoms with Crippen molar-refractivity contribution >= 4 is 5.71 Å². The molecule has 1 N–H and O–H groups in total. The van der Waals surface area contributed by atoms with Crippen LogP contribution < -0.4 is 4.74 Å². The second-order valence-electron chi connectivity index (χ2n) is 3.61. The largest absolute Gasteiger partial charge is 0.497 e. The minimum Gasteiger partial charge on any atom is -0.497 e. The summed E-state index contributed by atoms with van der Waals surface area (Å²) in [6.45, 7) is 2.06. The van der Waals surface area contributed by atoms with E-state index < -0.39 is 0 Å². The predicted octanol–water partition coefficient (Wildman–Crippen LogP) is 2.07. The van der Waals surface area contributed by atoms with Crippen molar-refractivity contribution < 1.29 is 9.94 Å². The van der Waals surface area contributed by atoms with Gasteiger partial charge < -0.3 is 9.94 Å². The molecule has 1 aliphatic carbocycles. The first-order valence-corrected chi connectivity index (χ1v) is 4.65. The van der Waals surface area contributed by atoms with E-state index >= 15 is 0 Å². The third kappa shape index (κ3) is 1.25. The van der Waals surface area contributed by atoms with E-state index in [2.05, 4.69) is 12.1 Å². The standard InChI is InChI=1S/C11H13NO2/c1-7-5-8-3-4-9(14-2)6-10(8)11(7)12-13/h3-4,6-7,13H,5H2,1-2H3/b12-11-. The summed E-state index contributed by atoms with van der Waals surface area (Å²) in [4.78, 5) is 0. The van der Waals surface area contributed by atoms with E-state index in [0.717, 1.165) is 23.4 Å². The predicted molar refractivity (Wildman–Crippen MR) is 54.2 cm³/mol. The molecule has 1 unspecified atom stereocenters. The van der Waals surface area contributed by atoms with Crippen LogP contribution in [-0.2, 0) is 6.42 Å². The van der Waals surface area contributed by atoms with Gasteiger partial charge in [0.05, 0.1) is 12.8 Å². The lowest BCUT2D eigenvalue weighted by atomic mass is 10.1. The highest BCUT2D eigenvalue weighted by Gasteiger charge is 2.25. The van der Waals surface area contributed by atoms with Gasteiger partial charge in [0.25, 0.3) is 0 Å². The lowest BCUT2D eigenvalue weighted by molar-refractivity contribution is 0.316. The zero-order valence-electron chi connectivity index (χ0n) is 8.32. The second kappa shape index (κ2) is 3.33. The van der Waals surface area contributed by atoms with Crippen LogP contribution in [0.2, 0.25) is 0 Å². The highest BCUT2D eigenvalue weighted by molar-refractivity contribution is 6.05. The summed E-state index contributed by atoms with van der Waals surface area (Å²) >= 11 is 0. The maximum absolute atomic E-state index is 8.89. The SMILES string of the molecule is COc1ccc2c(c1)/C(=N\O)C(C)C2. The number of hydrogen-bond donors (Lipinski definition) is 1. The number of rotatable bonds is 1. The molecule has 0 bridgehead atoms. The maximum Gasteiger partial charge on any atom is 0.119 e. The van der Waals surface area contributed by atoms with Crippen LogP contribution in [0.5, 0.6) is 5.75 Å². The molecule has 14 heavy (non-hydrogen) atoms. The third-order valence-electron chi connectivity index (χ3n) is 2.69. The van der Waals surface area contributed by atoms with Gasteiger partial charge in [-0.1, -0.05) is 18.1 Å². The highest BCUT2D eigenvalue weighted by Crippen LogP contribution is 2.29. The average Bonchev–Trinajstić information content (AvgIpc) is 2.52. The molecule has 0 spiro atoms. The van der Waals surface area contributed by atoms with Crippen LogP contribution in [0, 0.1) is 5.92 Å². The van der Waals surface area contributed by atoms with Crippen LogP contribution in [0.3, 0.4) is 0 Å². The molecular formula is C11H13NO2. The van der Waals surface area contributed by atoms with Crippen molar-refractivity contribution in [1.82, 2.24) is 0 Å². The molecule has 3 nitrogen and oxygen atoms in total. The van der Waals surface area contributed by atoms with E-state index in [9.17, 15) is 0 Å². The number of benzene rings is 1. The van der Waals surface area contributed by atoms with Crippen molar-refractivity contribution in [2.45, 2.75) is 13.3 Å². The lowest BCUT2D eigenvalue weighted by Crippen LogP contribution is -2.05. The first-order chi connectivity index (χ1) is 6.76. The molecule has 0 saturated heterocycles.